The number of aliphatic imine (C=N–C) groups is 1. The summed E-state index contributed by atoms with van der Waals surface area (Å²) in [6.07, 6.45) is 3.41. The third-order valence-corrected chi connectivity index (χ3v) is 7.29. The smallest absolute Gasteiger partial charge is 0.344 e. The molecule has 1 aliphatic heterocycles. The number of methoxy groups -OCH3 is 1. The first kappa shape index (κ1) is 26.1. The zero-order valence-electron chi connectivity index (χ0n) is 21.5. The van der Waals surface area contributed by atoms with Crippen molar-refractivity contribution in [2.45, 2.75) is 19.4 Å². The van der Waals surface area contributed by atoms with Crippen LogP contribution in [0.15, 0.2) is 88.9 Å². The number of amides is 1. The summed E-state index contributed by atoms with van der Waals surface area (Å²) in [7, 11) is 1.48. The van der Waals surface area contributed by atoms with Crippen LogP contribution in [0.1, 0.15) is 18.1 Å². The van der Waals surface area contributed by atoms with Crippen LogP contribution < -0.4 is 9.47 Å². The number of carboxylic acids is 1. The summed E-state index contributed by atoms with van der Waals surface area (Å²) in [6.45, 7) is 1.92. The Bertz CT molecular complexity index is 1580. The van der Waals surface area contributed by atoms with E-state index in [2.05, 4.69) is 11.1 Å². The van der Waals surface area contributed by atoms with E-state index in [1.54, 1.807) is 29.2 Å². The summed E-state index contributed by atoms with van der Waals surface area (Å²) < 4.78 is 10.9. The van der Waals surface area contributed by atoms with Crippen molar-refractivity contribution in [3.8, 4) is 11.5 Å². The maximum atomic E-state index is 13.6. The van der Waals surface area contributed by atoms with Gasteiger partial charge in [0.1, 0.15) is 0 Å². The van der Waals surface area contributed by atoms with Crippen LogP contribution in [0.4, 0.5) is 5.69 Å². The summed E-state index contributed by atoms with van der Waals surface area (Å²) >= 11 is 1.32. The predicted octanol–water partition coefficient (Wildman–Crippen LogP) is 5.88. The van der Waals surface area contributed by atoms with Gasteiger partial charge in [0, 0.05) is 23.6 Å². The van der Waals surface area contributed by atoms with E-state index in [-0.39, 0.29) is 5.91 Å². The zero-order valence-corrected chi connectivity index (χ0v) is 22.3. The largest absolute Gasteiger partial charge is 0.493 e. The van der Waals surface area contributed by atoms with Gasteiger partial charge in [0.15, 0.2) is 22.8 Å². The first-order valence-electron chi connectivity index (χ1n) is 12.4. The Kier molecular flexibility index (Phi) is 7.69. The Morgan fingerprint density at radius 3 is 2.64 bits per heavy atom. The number of benzene rings is 3. The number of nitrogens with zero attached hydrogens (tertiary/aromatic N) is 2. The number of aromatic amines is 1. The van der Waals surface area contributed by atoms with Gasteiger partial charge < -0.3 is 19.6 Å². The molecular weight excluding hydrogens is 514 g/mol. The lowest BCUT2D eigenvalue weighted by atomic mass is 10.1. The molecule has 39 heavy (non-hydrogen) atoms. The number of amidine groups is 1. The maximum absolute atomic E-state index is 13.6. The Morgan fingerprint density at radius 1 is 1.10 bits per heavy atom. The molecule has 0 unspecified atom stereocenters. The summed E-state index contributed by atoms with van der Waals surface area (Å²) in [5, 5.41) is 10.9. The van der Waals surface area contributed by atoms with Crippen molar-refractivity contribution in [1.29, 1.82) is 0 Å². The lowest BCUT2D eigenvalue weighted by Gasteiger charge is -2.15. The zero-order chi connectivity index (χ0) is 27.4. The van der Waals surface area contributed by atoms with Crippen molar-refractivity contribution >= 4 is 51.5 Å². The molecule has 198 valence electrons. The molecule has 1 saturated heterocycles. The van der Waals surface area contributed by atoms with Crippen molar-refractivity contribution in [2.75, 3.05) is 13.7 Å². The molecule has 2 N–H and O–H groups in total. The van der Waals surface area contributed by atoms with Gasteiger partial charge in [0.2, 0.25) is 0 Å². The fraction of sp³-hybridized carbons (Fsp3) is 0.167. The number of para-hydroxylation sites is 2. The molecule has 2 heterocycles. The van der Waals surface area contributed by atoms with E-state index < -0.39 is 12.1 Å². The second kappa shape index (κ2) is 11.5. The number of rotatable bonds is 9. The number of thioether (sulfide) groups is 1. The molecule has 4 aromatic rings. The lowest BCUT2D eigenvalue weighted by Crippen LogP contribution is -2.31. The van der Waals surface area contributed by atoms with Gasteiger partial charge in [0.05, 0.1) is 17.7 Å². The highest BCUT2D eigenvalue weighted by atomic mass is 32.2. The Balaban J connectivity index is 1.43. The lowest BCUT2D eigenvalue weighted by molar-refractivity contribution is -0.144. The highest BCUT2D eigenvalue weighted by molar-refractivity contribution is 8.18. The van der Waals surface area contributed by atoms with Gasteiger partial charge in [-0.2, -0.15) is 0 Å². The van der Waals surface area contributed by atoms with Gasteiger partial charge in [-0.3, -0.25) is 9.69 Å². The minimum atomic E-state index is -1.07. The van der Waals surface area contributed by atoms with Crippen LogP contribution in [0.5, 0.6) is 11.5 Å². The Morgan fingerprint density at radius 2 is 1.87 bits per heavy atom. The van der Waals surface area contributed by atoms with E-state index in [9.17, 15) is 9.59 Å². The van der Waals surface area contributed by atoms with Gasteiger partial charge in [-0.05, 0) is 72.6 Å². The number of H-pyrrole nitrogens is 1. The number of carbonyl (C=O) groups is 2. The molecule has 1 aromatic heterocycles. The maximum Gasteiger partial charge on any atom is 0.344 e. The first-order valence-corrected chi connectivity index (χ1v) is 13.2. The topological polar surface area (TPSA) is 104 Å². The third-order valence-electron chi connectivity index (χ3n) is 6.29. The third kappa shape index (κ3) is 5.83. The monoisotopic (exact) mass is 541 g/mol. The van der Waals surface area contributed by atoms with Gasteiger partial charge in [-0.25, -0.2) is 9.79 Å². The predicted molar refractivity (Wildman–Crippen MR) is 154 cm³/mol. The SMILES string of the molecule is COc1cc(/C=C2/SC(=Nc3ccccc3)N(CCc3c[nH]c4ccccc34)C2=O)ccc1O[C@H](C)C(=O)O. The minimum Gasteiger partial charge on any atom is -0.493 e. The average molecular weight is 542 g/mol. The normalized spacial score (nSPS) is 16.3. The fourth-order valence-electron chi connectivity index (χ4n) is 4.24. The molecule has 1 aliphatic rings. The van der Waals surface area contributed by atoms with Gasteiger partial charge in [-0.15, -0.1) is 0 Å². The number of carboxylic acid groups (broad SMARTS) is 1. The van der Waals surface area contributed by atoms with Crippen LogP contribution in [0, 0.1) is 0 Å². The minimum absolute atomic E-state index is 0.131. The number of nitrogens with one attached hydrogen (secondary N) is 1. The van der Waals surface area contributed by atoms with E-state index in [4.69, 9.17) is 19.6 Å². The molecule has 0 bridgehead atoms. The molecule has 9 heteroatoms. The molecule has 1 amide bonds. The average Bonchev–Trinajstić information content (AvgIpc) is 3.48. The molecule has 0 saturated carbocycles. The summed E-state index contributed by atoms with van der Waals surface area (Å²) in [6, 6.07) is 22.8. The Hall–Kier alpha value is -4.50. The standard InChI is InChI=1S/C30H27N3O5S/c1-19(29(35)36)38-25-13-12-20(16-26(25)37-2)17-27-28(34)33(30(39-27)32-22-8-4-3-5-9-22)15-14-21-18-31-24-11-7-6-10-23(21)24/h3-13,16-19,31H,14-15H2,1-2H3,(H,35,36)/b27-17+,32-30?/t19-/m1/s1. The first-order chi connectivity index (χ1) is 18.9. The van der Waals surface area contributed by atoms with E-state index in [0.717, 1.165) is 27.7 Å². The van der Waals surface area contributed by atoms with Gasteiger partial charge in [-0.1, -0.05) is 42.5 Å². The number of aromatic nitrogens is 1. The number of aliphatic carboxylic acids is 1. The van der Waals surface area contributed by atoms with Crippen molar-refractivity contribution in [3.63, 3.8) is 0 Å². The van der Waals surface area contributed by atoms with Crippen molar-refractivity contribution < 1.29 is 24.2 Å². The second-order valence-corrected chi connectivity index (χ2v) is 9.92. The van der Waals surface area contributed by atoms with Gasteiger partial charge >= 0.3 is 5.97 Å². The molecule has 3 aromatic carbocycles. The van der Waals surface area contributed by atoms with E-state index >= 15 is 0 Å². The number of hydrogen-bond donors (Lipinski definition) is 2. The van der Waals surface area contributed by atoms with Crippen molar-refractivity contribution in [1.82, 2.24) is 9.88 Å². The van der Waals surface area contributed by atoms with Crippen molar-refractivity contribution in [2.24, 2.45) is 4.99 Å². The molecule has 1 atom stereocenters. The van der Waals surface area contributed by atoms with Crippen molar-refractivity contribution in [3.05, 3.63) is 95.0 Å². The molecule has 0 aliphatic carbocycles. The highest BCUT2D eigenvalue weighted by Crippen LogP contribution is 2.36. The molecule has 8 nitrogen and oxygen atoms in total. The van der Waals surface area contributed by atoms with E-state index in [1.807, 2.05) is 54.7 Å². The summed E-state index contributed by atoms with van der Waals surface area (Å²) in [4.78, 5) is 35.1. The Labute approximate surface area is 230 Å². The van der Waals surface area contributed by atoms with Crippen LogP contribution in [0.3, 0.4) is 0 Å². The number of ether oxygens (including phenoxy) is 2. The van der Waals surface area contributed by atoms with Crippen LogP contribution in [0.2, 0.25) is 0 Å². The molecule has 5 rings (SSSR count). The number of carbonyl (C=O) groups excluding carboxylic acids is 1. The summed E-state index contributed by atoms with van der Waals surface area (Å²) in [5.41, 5.74) is 3.68. The number of hydrogen-bond acceptors (Lipinski definition) is 6. The van der Waals surface area contributed by atoms with E-state index in [1.165, 1.54) is 25.8 Å². The van der Waals surface area contributed by atoms with Crippen LogP contribution in [0.25, 0.3) is 17.0 Å². The number of fused-ring (bicyclic) bond motifs is 1. The highest BCUT2D eigenvalue weighted by Gasteiger charge is 2.33. The van der Waals surface area contributed by atoms with E-state index in [0.29, 0.717) is 34.5 Å². The molecule has 0 radical (unpaired) electrons. The summed E-state index contributed by atoms with van der Waals surface area (Å²) in [5.74, 6) is -0.517. The quantitative estimate of drug-likeness (QED) is 0.257. The van der Waals surface area contributed by atoms with Crippen LogP contribution in [-0.4, -0.2) is 51.8 Å². The van der Waals surface area contributed by atoms with Crippen LogP contribution >= 0.6 is 11.8 Å². The molecule has 0 spiro atoms. The second-order valence-electron chi connectivity index (χ2n) is 8.92. The fourth-order valence-corrected chi connectivity index (χ4v) is 5.26. The molecular formula is C30H27N3O5S. The van der Waals surface area contributed by atoms with Crippen LogP contribution in [-0.2, 0) is 16.0 Å². The molecule has 1 fully saturated rings. The van der Waals surface area contributed by atoms with Gasteiger partial charge in [0.25, 0.3) is 5.91 Å².